The number of thiocarbonyl (C=S) groups is 1. The summed E-state index contributed by atoms with van der Waals surface area (Å²) >= 11 is 4.73. The molecule has 0 aliphatic rings. The van der Waals surface area contributed by atoms with Crippen LogP contribution in [-0.2, 0) is 0 Å². The summed E-state index contributed by atoms with van der Waals surface area (Å²) < 4.78 is 9.96. The number of nitrogens with two attached hydrogens (primary N) is 1. The number of hydrogen-bond acceptors (Lipinski definition) is 5. The van der Waals surface area contributed by atoms with Crippen molar-refractivity contribution in [2.24, 2.45) is 5.73 Å². The van der Waals surface area contributed by atoms with Gasteiger partial charge in [0.1, 0.15) is 5.69 Å². The van der Waals surface area contributed by atoms with Gasteiger partial charge in [-0.05, 0) is 19.1 Å². The number of nitrogens with one attached hydrogen (secondary N) is 1. The second kappa shape index (κ2) is 4.74. The highest BCUT2D eigenvalue weighted by atomic mass is 32.1. The van der Waals surface area contributed by atoms with Crippen molar-refractivity contribution in [3.63, 3.8) is 0 Å². The summed E-state index contributed by atoms with van der Waals surface area (Å²) in [5.74, 6) is 0.340. The van der Waals surface area contributed by atoms with Crippen LogP contribution < -0.4 is 20.5 Å². The topological polar surface area (TPSA) is 82.3 Å². The van der Waals surface area contributed by atoms with Crippen molar-refractivity contribution in [3.8, 4) is 11.9 Å². The van der Waals surface area contributed by atoms with Crippen molar-refractivity contribution >= 4 is 23.0 Å². The Bertz CT molecular complexity index is 383. The molecule has 0 saturated carbocycles. The Kier molecular flexibility index (Phi) is 3.62. The zero-order valence-electron chi connectivity index (χ0n) is 8.70. The molecule has 0 spiro atoms. The summed E-state index contributed by atoms with van der Waals surface area (Å²) in [5.41, 5.74) is 6.56. The molecule has 3 N–H and O–H groups in total. The Balaban J connectivity index is 3.18. The maximum absolute atomic E-state index is 5.37. The molecule has 1 aromatic heterocycles. The number of methoxy groups -OCH3 is 2. The molecule has 7 heteroatoms. The molecular formula is C8H12N4O2S. The van der Waals surface area contributed by atoms with E-state index in [9.17, 15) is 0 Å². The van der Waals surface area contributed by atoms with Gasteiger partial charge in [0.25, 0.3) is 0 Å². The number of hydrogen-bond donors (Lipinski definition) is 2. The van der Waals surface area contributed by atoms with Crippen LogP contribution in [0.5, 0.6) is 11.9 Å². The third kappa shape index (κ3) is 2.66. The van der Waals surface area contributed by atoms with Crippen LogP contribution in [0, 0.1) is 6.92 Å². The molecule has 0 saturated heterocycles. The standard InChI is InChI=1S/C8H12N4O2S/c1-4-5(11-7(9)15)6(13-2)12-8(10-4)14-3/h1-3H3,(H3,9,11,15). The van der Waals surface area contributed by atoms with Gasteiger partial charge in [-0.25, -0.2) is 0 Å². The van der Waals surface area contributed by atoms with Crippen molar-refractivity contribution in [2.75, 3.05) is 19.5 Å². The lowest BCUT2D eigenvalue weighted by Crippen LogP contribution is -2.20. The molecule has 0 aliphatic heterocycles. The molecule has 0 atom stereocenters. The van der Waals surface area contributed by atoms with Crippen LogP contribution in [0.4, 0.5) is 5.69 Å². The molecule has 0 fully saturated rings. The third-order valence-corrected chi connectivity index (χ3v) is 1.76. The first-order valence-corrected chi connectivity index (χ1v) is 4.52. The molecule has 82 valence electrons. The molecule has 15 heavy (non-hydrogen) atoms. The molecule has 0 aliphatic carbocycles. The molecule has 0 aromatic carbocycles. The number of ether oxygens (including phenoxy) is 2. The summed E-state index contributed by atoms with van der Waals surface area (Å²) in [4.78, 5) is 8.05. The Labute approximate surface area is 92.8 Å². The highest BCUT2D eigenvalue weighted by Gasteiger charge is 2.12. The molecule has 0 radical (unpaired) electrons. The largest absolute Gasteiger partial charge is 0.479 e. The van der Waals surface area contributed by atoms with Crippen LogP contribution in [-0.4, -0.2) is 29.3 Å². The maximum atomic E-state index is 5.37. The van der Waals surface area contributed by atoms with Crippen molar-refractivity contribution in [3.05, 3.63) is 5.69 Å². The number of nitrogens with zero attached hydrogens (tertiary/aromatic N) is 2. The fraction of sp³-hybridized carbons (Fsp3) is 0.375. The summed E-state index contributed by atoms with van der Waals surface area (Å²) in [6.07, 6.45) is 0. The van der Waals surface area contributed by atoms with Crippen LogP contribution in [0.1, 0.15) is 5.69 Å². The molecule has 1 heterocycles. The number of aromatic nitrogens is 2. The average molecular weight is 228 g/mol. The van der Waals surface area contributed by atoms with E-state index in [1.165, 1.54) is 14.2 Å². The van der Waals surface area contributed by atoms with Crippen molar-refractivity contribution in [2.45, 2.75) is 6.92 Å². The fourth-order valence-electron chi connectivity index (χ4n) is 1.03. The smallest absolute Gasteiger partial charge is 0.319 e. The SMILES string of the molecule is COc1nc(C)c(NC(N)=S)c(OC)n1. The lowest BCUT2D eigenvalue weighted by molar-refractivity contribution is 0.352. The minimum absolute atomic E-state index is 0.130. The van der Waals surface area contributed by atoms with E-state index in [4.69, 9.17) is 27.4 Å². The molecular weight excluding hydrogens is 216 g/mol. The first kappa shape index (κ1) is 11.4. The monoisotopic (exact) mass is 228 g/mol. The van der Waals surface area contributed by atoms with Crippen molar-refractivity contribution in [1.82, 2.24) is 9.97 Å². The Morgan fingerprint density at radius 3 is 2.47 bits per heavy atom. The lowest BCUT2D eigenvalue weighted by Gasteiger charge is -2.11. The van der Waals surface area contributed by atoms with E-state index in [1.807, 2.05) is 0 Å². The highest BCUT2D eigenvalue weighted by Crippen LogP contribution is 2.26. The van der Waals surface area contributed by atoms with Gasteiger partial charge in [-0.3, -0.25) is 0 Å². The average Bonchev–Trinajstić information content (AvgIpc) is 2.20. The summed E-state index contributed by atoms with van der Waals surface area (Å²) in [7, 11) is 2.97. The van der Waals surface area contributed by atoms with Gasteiger partial charge in [0.05, 0.1) is 19.9 Å². The molecule has 0 unspecified atom stereocenters. The second-order valence-electron chi connectivity index (χ2n) is 2.67. The maximum Gasteiger partial charge on any atom is 0.319 e. The predicted molar refractivity (Wildman–Crippen MR) is 60.3 cm³/mol. The molecule has 6 nitrogen and oxygen atoms in total. The van der Waals surface area contributed by atoms with Gasteiger partial charge in [-0.15, -0.1) is 0 Å². The van der Waals surface area contributed by atoms with Crippen LogP contribution in [0.25, 0.3) is 0 Å². The number of aryl methyl sites for hydroxylation is 1. The zero-order chi connectivity index (χ0) is 11.4. The van der Waals surface area contributed by atoms with Crippen LogP contribution in [0.3, 0.4) is 0 Å². The minimum atomic E-state index is 0.130. The van der Waals surface area contributed by atoms with Gasteiger partial charge in [0, 0.05) is 0 Å². The third-order valence-electron chi connectivity index (χ3n) is 1.66. The summed E-state index contributed by atoms with van der Waals surface area (Å²) in [5, 5.41) is 2.88. The second-order valence-corrected chi connectivity index (χ2v) is 3.11. The fourth-order valence-corrected chi connectivity index (χ4v) is 1.13. The quantitative estimate of drug-likeness (QED) is 0.727. The first-order chi connectivity index (χ1) is 7.08. The Morgan fingerprint density at radius 2 is 2.00 bits per heavy atom. The van der Waals surface area contributed by atoms with Gasteiger partial charge < -0.3 is 20.5 Å². The summed E-state index contributed by atoms with van der Waals surface area (Å²) in [6, 6.07) is 0.234. The Hall–Kier alpha value is -1.63. The van der Waals surface area contributed by atoms with Crippen LogP contribution >= 0.6 is 12.2 Å². The normalized spacial score (nSPS) is 9.53. The zero-order valence-corrected chi connectivity index (χ0v) is 9.51. The first-order valence-electron chi connectivity index (χ1n) is 4.11. The molecule has 0 amide bonds. The van der Waals surface area contributed by atoms with E-state index in [-0.39, 0.29) is 11.1 Å². The molecule has 1 aromatic rings. The van der Waals surface area contributed by atoms with E-state index in [0.717, 1.165) is 0 Å². The van der Waals surface area contributed by atoms with E-state index < -0.39 is 0 Å². The van der Waals surface area contributed by atoms with Gasteiger partial charge in [-0.2, -0.15) is 9.97 Å². The Morgan fingerprint density at radius 1 is 1.33 bits per heavy atom. The number of anilines is 1. The van der Waals surface area contributed by atoms with Crippen molar-refractivity contribution in [1.29, 1.82) is 0 Å². The molecule has 1 rings (SSSR count). The summed E-state index contributed by atoms with van der Waals surface area (Å²) in [6.45, 7) is 1.77. The molecule has 0 bridgehead atoms. The van der Waals surface area contributed by atoms with E-state index in [2.05, 4.69) is 15.3 Å². The predicted octanol–water partition coefficient (Wildman–Crippen LogP) is 0.458. The van der Waals surface area contributed by atoms with Crippen molar-refractivity contribution < 1.29 is 9.47 Å². The van der Waals surface area contributed by atoms with Crippen LogP contribution in [0.15, 0.2) is 0 Å². The highest BCUT2D eigenvalue weighted by molar-refractivity contribution is 7.80. The van der Waals surface area contributed by atoms with E-state index in [1.54, 1.807) is 6.92 Å². The van der Waals surface area contributed by atoms with Gasteiger partial charge in [0.2, 0.25) is 5.88 Å². The lowest BCUT2D eigenvalue weighted by atomic mass is 10.3. The van der Waals surface area contributed by atoms with E-state index >= 15 is 0 Å². The van der Waals surface area contributed by atoms with Crippen LogP contribution in [0.2, 0.25) is 0 Å². The number of rotatable bonds is 3. The van der Waals surface area contributed by atoms with E-state index in [0.29, 0.717) is 17.3 Å². The van der Waals surface area contributed by atoms with Gasteiger partial charge in [-0.1, -0.05) is 0 Å². The van der Waals surface area contributed by atoms with Gasteiger partial charge >= 0.3 is 6.01 Å². The minimum Gasteiger partial charge on any atom is -0.479 e. The van der Waals surface area contributed by atoms with Gasteiger partial charge in [0.15, 0.2) is 5.11 Å².